The minimum atomic E-state index is -2.23. The Bertz CT molecular complexity index is 3360. The maximum Gasteiger partial charge on any atom is 0.338 e. The highest BCUT2D eigenvalue weighted by Crippen LogP contribution is 2.66. The summed E-state index contributed by atoms with van der Waals surface area (Å²) in [4.78, 5) is 52.6. The van der Waals surface area contributed by atoms with Gasteiger partial charge in [0.25, 0.3) is 5.79 Å². The van der Waals surface area contributed by atoms with E-state index in [2.05, 4.69) is 47.8 Å². The number of carbonyl (C=O) groups is 4. The Morgan fingerprint density at radius 3 is 2.32 bits per heavy atom. The molecule has 0 amide bonds. The second-order valence-electron chi connectivity index (χ2n) is 17.8. The third-order valence-corrected chi connectivity index (χ3v) is 16.5. The summed E-state index contributed by atoms with van der Waals surface area (Å²) in [6.07, 6.45) is -0.732. The van der Waals surface area contributed by atoms with Gasteiger partial charge >= 0.3 is 11.9 Å². The third kappa shape index (κ3) is 9.37. The van der Waals surface area contributed by atoms with E-state index in [1.54, 1.807) is 18.2 Å². The summed E-state index contributed by atoms with van der Waals surface area (Å²) in [6, 6.07) is 32.6. The number of halogens is 2. The molecule has 5 aromatic rings. The van der Waals surface area contributed by atoms with Crippen LogP contribution in [0.4, 0.5) is 17.1 Å². The van der Waals surface area contributed by atoms with Crippen molar-refractivity contribution in [1.82, 2.24) is 9.89 Å². The van der Waals surface area contributed by atoms with Gasteiger partial charge in [-0.05, 0) is 134 Å². The molecule has 18 heteroatoms. The van der Waals surface area contributed by atoms with Crippen LogP contribution in [0.3, 0.4) is 0 Å². The highest BCUT2D eigenvalue weighted by atomic mass is 79.9. The first-order chi connectivity index (χ1) is 35.0. The first-order valence-electron chi connectivity index (χ1n) is 23.3. The van der Waals surface area contributed by atoms with Crippen LogP contribution in [0.5, 0.6) is 0 Å². The van der Waals surface area contributed by atoms with Gasteiger partial charge in [0.15, 0.2) is 5.11 Å². The van der Waals surface area contributed by atoms with E-state index in [1.165, 1.54) is 18.4 Å². The Morgan fingerprint density at radius 1 is 0.904 bits per heavy atom. The molecule has 73 heavy (non-hydrogen) atoms. The van der Waals surface area contributed by atoms with Gasteiger partial charge in [-0.2, -0.15) is 0 Å². The Morgan fingerprint density at radius 2 is 1.63 bits per heavy atom. The molecule has 0 radical (unpaired) electrons. The lowest BCUT2D eigenvalue weighted by Gasteiger charge is -2.31. The molecule has 2 saturated heterocycles. The molecule has 4 aromatic carbocycles. The molecule has 378 valence electrons. The van der Waals surface area contributed by atoms with Crippen LogP contribution < -0.4 is 30.8 Å². The number of nitrogens with one attached hydrogen (secondary N) is 3. The maximum atomic E-state index is 14.3. The Kier molecular flexibility index (Phi) is 15.5. The van der Waals surface area contributed by atoms with Gasteiger partial charge in [-0.1, -0.05) is 32.0 Å². The van der Waals surface area contributed by atoms with Gasteiger partial charge < -0.3 is 49.4 Å². The average Bonchev–Trinajstić information content (AvgIpc) is 4.07. The van der Waals surface area contributed by atoms with E-state index in [1.807, 2.05) is 150 Å². The number of Topliss-reactive ketones (excluding diaryl/α,β-unsaturated/α-hetero) is 1. The average molecular weight is 1150 g/mol. The zero-order valence-electron chi connectivity index (χ0n) is 41.3. The molecule has 2 fully saturated rings. The Hall–Kier alpha value is -6.28. The van der Waals surface area contributed by atoms with E-state index in [0.29, 0.717) is 50.3 Å². The molecule has 1 spiro atoms. The number of rotatable bonds is 10. The van der Waals surface area contributed by atoms with E-state index in [-0.39, 0.29) is 6.54 Å². The highest BCUT2D eigenvalue weighted by Gasteiger charge is 2.82. The monoisotopic (exact) mass is 1150 g/mol. The molecule has 5 aliphatic rings. The minimum Gasteiger partial charge on any atom is -0.465 e. The minimum absolute atomic E-state index is 0.232. The van der Waals surface area contributed by atoms with Crippen LogP contribution in [0.1, 0.15) is 61.5 Å². The van der Waals surface area contributed by atoms with Gasteiger partial charge in [-0.15, -0.1) is 11.3 Å². The number of aliphatic hydroxyl groups is 1. The van der Waals surface area contributed by atoms with Crippen LogP contribution in [-0.2, 0) is 36.1 Å². The van der Waals surface area contributed by atoms with Crippen molar-refractivity contribution in [2.45, 2.75) is 44.8 Å². The topological polar surface area (TPSA) is 172 Å². The zero-order chi connectivity index (χ0) is 52.7. The fourth-order valence-electron chi connectivity index (χ4n) is 9.85. The second-order valence-corrected chi connectivity index (χ2v) is 21.2. The Balaban J connectivity index is 0.00000174. The second kappa shape index (κ2) is 21.3. The SMILES string of the molecule is C=O.CC.COC(=O)c1ccc(NC(=S)NCc2ccc(NCC3C(c4ccc(Br)c(Br)c4)OC45C(=O)c6cc(C)sc6C4(O)OC(=O)C35)cc2)cc1-c1c2ccc(=[N+](C)C)cc-2oc2cc(N(C)C)ccc12. The predicted octanol–water partition coefficient (Wildman–Crippen LogP) is 10.1. The first-order valence-corrected chi connectivity index (χ1v) is 26.1. The summed E-state index contributed by atoms with van der Waals surface area (Å²) in [7, 11) is 9.27. The summed E-state index contributed by atoms with van der Waals surface area (Å²) in [5, 5.41) is 24.4. The molecule has 4 heterocycles. The molecule has 10 rings (SSSR count). The van der Waals surface area contributed by atoms with Crippen LogP contribution in [0.15, 0.2) is 116 Å². The van der Waals surface area contributed by atoms with Crippen molar-refractivity contribution >= 4 is 113 Å². The van der Waals surface area contributed by atoms with Crippen molar-refractivity contribution < 1.29 is 42.9 Å². The van der Waals surface area contributed by atoms with Crippen molar-refractivity contribution in [3.8, 4) is 22.5 Å². The quantitative estimate of drug-likeness (QED) is 0.0441. The number of thiocarbonyl (C=S) groups is 1. The number of thiophene rings is 1. The van der Waals surface area contributed by atoms with E-state index in [0.717, 1.165) is 58.2 Å². The van der Waals surface area contributed by atoms with Gasteiger partial charge in [0.05, 0.1) is 29.7 Å². The number of fused-ring (bicyclic) bond motifs is 4. The molecule has 5 unspecified atom stereocenters. The number of methoxy groups -OCH3 is 1. The number of esters is 2. The lowest BCUT2D eigenvalue weighted by molar-refractivity contribution is -0.251. The van der Waals surface area contributed by atoms with Crippen LogP contribution in [-0.4, -0.2) is 82.2 Å². The fraction of sp³-hybridized carbons (Fsp3) is 0.273. The molecule has 0 saturated carbocycles. The lowest BCUT2D eigenvalue weighted by atomic mass is 9.76. The van der Waals surface area contributed by atoms with E-state index < -0.39 is 47.0 Å². The summed E-state index contributed by atoms with van der Waals surface area (Å²) < 4.78 is 27.9. The molecular weight excluding hydrogens is 1100 g/mol. The predicted molar refractivity (Wildman–Crippen MR) is 296 cm³/mol. The molecule has 3 aliphatic heterocycles. The van der Waals surface area contributed by atoms with Crippen LogP contribution in [0.25, 0.3) is 33.4 Å². The van der Waals surface area contributed by atoms with Crippen molar-refractivity contribution in [2.75, 3.05) is 57.4 Å². The number of hydrogen-bond acceptors (Lipinski definition) is 13. The number of carbonyl (C=O) groups excluding carboxylic acids is 4. The van der Waals surface area contributed by atoms with Crippen LogP contribution in [0.2, 0.25) is 0 Å². The van der Waals surface area contributed by atoms with Crippen molar-refractivity contribution in [2.24, 2.45) is 11.8 Å². The number of benzene rings is 5. The number of anilines is 3. The van der Waals surface area contributed by atoms with Gasteiger partial charge in [-0.3, -0.25) is 9.59 Å². The number of ketones is 1. The van der Waals surface area contributed by atoms with Gasteiger partial charge in [-0.25, -0.2) is 9.37 Å². The zero-order valence-corrected chi connectivity index (χ0v) is 46.2. The largest absolute Gasteiger partial charge is 0.465 e. The molecule has 5 atom stereocenters. The third-order valence-electron chi connectivity index (χ3n) is 13.2. The van der Waals surface area contributed by atoms with Crippen LogP contribution in [0, 0.1) is 18.8 Å². The van der Waals surface area contributed by atoms with Crippen molar-refractivity contribution in [3.63, 3.8) is 0 Å². The van der Waals surface area contributed by atoms with Gasteiger partial charge in [0, 0.05) is 98.2 Å². The number of ether oxygens (including phenoxy) is 3. The van der Waals surface area contributed by atoms with E-state index >= 15 is 0 Å². The first kappa shape index (κ1) is 53.0. The van der Waals surface area contributed by atoms with Crippen molar-refractivity contribution in [1.29, 1.82) is 0 Å². The van der Waals surface area contributed by atoms with E-state index in [4.69, 9.17) is 35.6 Å². The van der Waals surface area contributed by atoms with Gasteiger partial charge in [0.2, 0.25) is 16.7 Å². The lowest BCUT2D eigenvalue weighted by Crippen LogP contribution is -2.52. The standard InChI is InChI=1S/C52H45Br2N5O8S2.C2H6.CH2O/c1-26-19-37-46(60)51-44(49(62)67-52(51,63)47(37)69-26)38(45(66-51)28-9-18-39(53)40(54)20-28)25-55-29-10-7-27(8-11-29)24-56-50(68)57-30-12-15-33(48(61)64-6)36(21-30)43-34-16-13-31(58(2)3)22-41(34)65-42-23-32(59(4)5)14-17-35(42)43;2*1-2/h7-23,38,44-45,55,63H,24-25H2,1-6H3,(H-,56,57,61,68);1-2H3;1H2/p+1. The van der Waals surface area contributed by atoms with Crippen molar-refractivity contribution in [3.05, 3.63) is 149 Å². The molecule has 1 aromatic heterocycles. The molecule has 2 aliphatic carbocycles. The summed E-state index contributed by atoms with van der Waals surface area (Å²) >= 11 is 14.2. The molecule has 0 bridgehead atoms. The molecule has 4 N–H and O–H groups in total. The smallest absolute Gasteiger partial charge is 0.338 e. The number of aryl methyl sites for hydroxylation is 1. The summed E-state index contributed by atoms with van der Waals surface area (Å²) in [5.74, 6) is -4.83. The molecule has 14 nitrogen and oxygen atoms in total. The molecular formula is C55H54Br2N5O9S2+. The normalized spacial score (nSPS) is 20.1. The highest BCUT2D eigenvalue weighted by molar-refractivity contribution is 9.13. The van der Waals surface area contributed by atoms with Crippen LogP contribution >= 0.6 is 55.4 Å². The fourth-order valence-corrected chi connectivity index (χ4v) is 11.8. The maximum absolute atomic E-state index is 14.3. The number of hydrogen-bond donors (Lipinski definition) is 4. The number of nitrogens with zero attached hydrogens (tertiary/aromatic N) is 2. The summed E-state index contributed by atoms with van der Waals surface area (Å²) in [6.45, 7) is 8.47. The Labute approximate surface area is 449 Å². The van der Waals surface area contributed by atoms with Gasteiger partial charge in [0.1, 0.15) is 38.1 Å². The summed E-state index contributed by atoms with van der Waals surface area (Å²) in [5.41, 5.74) is 5.83. The van der Waals surface area contributed by atoms with E-state index in [9.17, 15) is 19.5 Å².